The summed E-state index contributed by atoms with van der Waals surface area (Å²) in [4.78, 5) is 18.5. The third-order valence-corrected chi connectivity index (χ3v) is 0.494. The van der Waals surface area contributed by atoms with E-state index in [4.69, 9.17) is 9.90 Å². The molecule has 9 heavy (non-hydrogen) atoms. The largest absolute Gasteiger partial charge is 0.481 e. The molecule has 1 N–H and O–H groups in total. The zero-order valence-corrected chi connectivity index (χ0v) is 5.92. The van der Waals surface area contributed by atoms with Gasteiger partial charge in [-0.2, -0.15) is 0 Å². The van der Waals surface area contributed by atoms with Gasteiger partial charge in [0.1, 0.15) is 6.29 Å². The summed E-state index contributed by atoms with van der Waals surface area (Å²) in [5, 5.41) is 7.99. The van der Waals surface area contributed by atoms with Crippen LogP contribution in [0.15, 0.2) is 0 Å². The molecule has 0 atom stereocenters. The van der Waals surface area contributed by atoms with Gasteiger partial charge in [-0.25, -0.2) is 0 Å². The Bertz CT molecular complexity index is 86.3. The Morgan fingerprint density at radius 3 is 1.67 bits per heavy atom. The van der Waals surface area contributed by atoms with Gasteiger partial charge in [0.2, 0.25) is 0 Å². The highest BCUT2D eigenvalue weighted by Gasteiger charge is 1.99. The molecular weight excluding hydrogens is 120 g/mol. The zero-order valence-electron chi connectivity index (χ0n) is 5.92. The lowest BCUT2D eigenvalue weighted by Gasteiger charge is -1.89. The lowest BCUT2D eigenvalue weighted by Crippen LogP contribution is -2.03. The third kappa shape index (κ3) is 19.1. The van der Waals surface area contributed by atoms with E-state index in [0.29, 0.717) is 0 Å². The zero-order chi connectivity index (χ0) is 7.86. The molecule has 0 aromatic rings. The van der Waals surface area contributed by atoms with Gasteiger partial charge in [-0.3, -0.25) is 4.79 Å². The Hall–Kier alpha value is -0.860. The fourth-order valence-electron chi connectivity index (χ4n) is 0. The molecule has 0 aromatic heterocycles. The molecule has 0 aliphatic carbocycles. The summed E-state index contributed by atoms with van der Waals surface area (Å²) in [6, 6.07) is 0. The maximum absolute atomic E-state index is 9.70. The molecule has 0 unspecified atom stereocenters. The molecule has 0 saturated carbocycles. The molecule has 3 nitrogen and oxygen atoms in total. The maximum atomic E-state index is 9.70. The predicted molar refractivity (Wildman–Crippen MR) is 34.2 cm³/mol. The van der Waals surface area contributed by atoms with Crippen molar-refractivity contribution in [3.8, 4) is 0 Å². The van der Waals surface area contributed by atoms with Crippen LogP contribution in [-0.4, -0.2) is 17.4 Å². The molecule has 0 aliphatic rings. The van der Waals surface area contributed by atoms with E-state index >= 15 is 0 Å². The molecule has 0 aliphatic heterocycles. The smallest absolute Gasteiger partial charge is 0.305 e. The topological polar surface area (TPSA) is 54.4 Å². The van der Waals surface area contributed by atoms with Crippen molar-refractivity contribution in [1.82, 2.24) is 0 Å². The fourth-order valence-corrected chi connectivity index (χ4v) is 0. The van der Waals surface area contributed by atoms with Crippen LogP contribution in [0, 0.1) is 5.92 Å². The number of hydrogen-bond donors (Lipinski definition) is 1. The van der Waals surface area contributed by atoms with Crippen LogP contribution in [0.5, 0.6) is 0 Å². The van der Waals surface area contributed by atoms with Crippen molar-refractivity contribution < 1.29 is 14.7 Å². The molecule has 0 rings (SSSR count). The standard InChI is InChI=1S/C4H8O2.C2H4O/c1-3(2)4(5)6;1-2-3/h3H,1-2H3,(H,5,6);2H,1H3. The van der Waals surface area contributed by atoms with Crippen molar-refractivity contribution in [1.29, 1.82) is 0 Å². The number of carboxylic acids is 1. The second-order valence-corrected chi connectivity index (χ2v) is 1.73. The Balaban J connectivity index is 0. The van der Waals surface area contributed by atoms with Gasteiger partial charge in [-0.15, -0.1) is 0 Å². The van der Waals surface area contributed by atoms with Gasteiger partial charge in [0.05, 0.1) is 5.92 Å². The Labute approximate surface area is 54.7 Å². The van der Waals surface area contributed by atoms with Crippen LogP contribution in [0.25, 0.3) is 0 Å². The minimum Gasteiger partial charge on any atom is -0.481 e. The predicted octanol–water partition coefficient (Wildman–Crippen LogP) is 0.932. The molecule has 0 spiro atoms. The van der Waals surface area contributed by atoms with Gasteiger partial charge < -0.3 is 9.90 Å². The van der Waals surface area contributed by atoms with Crippen LogP contribution >= 0.6 is 0 Å². The summed E-state index contributed by atoms with van der Waals surface area (Å²) >= 11 is 0. The molecule has 0 heterocycles. The van der Waals surface area contributed by atoms with Crippen molar-refractivity contribution in [3.05, 3.63) is 0 Å². The molecule has 0 bridgehead atoms. The van der Waals surface area contributed by atoms with Crippen molar-refractivity contribution in [2.45, 2.75) is 20.8 Å². The van der Waals surface area contributed by atoms with Crippen molar-refractivity contribution in [2.24, 2.45) is 5.92 Å². The first-order valence-corrected chi connectivity index (χ1v) is 2.68. The number of hydrogen-bond acceptors (Lipinski definition) is 2. The lowest BCUT2D eigenvalue weighted by molar-refractivity contribution is -0.140. The van der Waals surface area contributed by atoms with Crippen LogP contribution in [0.2, 0.25) is 0 Å². The van der Waals surface area contributed by atoms with Gasteiger partial charge in [0.25, 0.3) is 0 Å². The van der Waals surface area contributed by atoms with Gasteiger partial charge in [0.15, 0.2) is 0 Å². The average Bonchev–Trinajstić information content (AvgIpc) is 1.68. The molecular formula is C6H12O3. The van der Waals surface area contributed by atoms with Crippen LogP contribution in [0.1, 0.15) is 20.8 Å². The van der Waals surface area contributed by atoms with Gasteiger partial charge >= 0.3 is 5.97 Å². The van der Waals surface area contributed by atoms with Crippen LogP contribution in [0.4, 0.5) is 0 Å². The Morgan fingerprint density at radius 1 is 1.56 bits per heavy atom. The summed E-state index contributed by atoms with van der Waals surface area (Å²) in [6.07, 6.45) is 0.750. The second kappa shape index (κ2) is 7.14. The maximum Gasteiger partial charge on any atom is 0.305 e. The molecule has 0 radical (unpaired) electrons. The van der Waals surface area contributed by atoms with Crippen molar-refractivity contribution in [2.75, 3.05) is 0 Å². The quantitative estimate of drug-likeness (QED) is 0.540. The minimum absolute atomic E-state index is 0.231. The minimum atomic E-state index is -0.741. The lowest BCUT2D eigenvalue weighted by atomic mass is 10.2. The fraction of sp³-hybridized carbons (Fsp3) is 0.667. The summed E-state index contributed by atoms with van der Waals surface area (Å²) < 4.78 is 0. The monoisotopic (exact) mass is 132 g/mol. The van der Waals surface area contributed by atoms with Crippen LogP contribution < -0.4 is 0 Å². The summed E-state index contributed by atoms with van der Waals surface area (Å²) in [5.74, 6) is -0.972. The van der Waals surface area contributed by atoms with Gasteiger partial charge in [0, 0.05) is 0 Å². The molecule has 54 valence electrons. The van der Waals surface area contributed by atoms with Crippen LogP contribution in [-0.2, 0) is 9.59 Å². The van der Waals surface area contributed by atoms with E-state index in [1.807, 2.05) is 0 Å². The van der Waals surface area contributed by atoms with E-state index in [0.717, 1.165) is 6.29 Å². The average molecular weight is 132 g/mol. The van der Waals surface area contributed by atoms with E-state index in [1.54, 1.807) is 13.8 Å². The number of rotatable bonds is 1. The van der Waals surface area contributed by atoms with E-state index in [2.05, 4.69) is 0 Å². The molecule has 0 fully saturated rings. The Kier molecular flexibility index (Phi) is 8.73. The van der Waals surface area contributed by atoms with E-state index in [9.17, 15) is 4.79 Å². The molecule has 0 amide bonds. The highest BCUT2D eigenvalue weighted by atomic mass is 16.4. The number of carboxylic acid groups (broad SMARTS) is 1. The van der Waals surface area contributed by atoms with Gasteiger partial charge in [-0.1, -0.05) is 13.8 Å². The van der Waals surface area contributed by atoms with Crippen LogP contribution in [0.3, 0.4) is 0 Å². The SMILES string of the molecule is CC(C)C(=O)O.CC=O. The summed E-state index contributed by atoms with van der Waals surface area (Å²) in [7, 11) is 0. The molecule has 3 heteroatoms. The molecule has 0 saturated heterocycles. The first-order valence-electron chi connectivity index (χ1n) is 2.68. The number of aliphatic carboxylic acids is 1. The first-order chi connectivity index (χ1) is 4.06. The number of carbonyl (C=O) groups excluding carboxylic acids is 1. The first kappa shape index (κ1) is 11.0. The molecule has 0 aromatic carbocycles. The number of aldehydes is 1. The van der Waals surface area contributed by atoms with E-state index in [-0.39, 0.29) is 5.92 Å². The van der Waals surface area contributed by atoms with Crippen molar-refractivity contribution >= 4 is 12.3 Å². The van der Waals surface area contributed by atoms with E-state index < -0.39 is 5.97 Å². The van der Waals surface area contributed by atoms with E-state index in [1.165, 1.54) is 6.92 Å². The second-order valence-electron chi connectivity index (χ2n) is 1.73. The number of carbonyl (C=O) groups is 2. The van der Waals surface area contributed by atoms with Crippen molar-refractivity contribution in [3.63, 3.8) is 0 Å². The third-order valence-electron chi connectivity index (χ3n) is 0.494. The normalized spacial score (nSPS) is 7.56. The summed E-state index contributed by atoms with van der Waals surface area (Å²) in [6.45, 7) is 4.73. The highest BCUT2D eigenvalue weighted by molar-refractivity contribution is 5.68. The van der Waals surface area contributed by atoms with Gasteiger partial charge in [-0.05, 0) is 6.92 Å². The summed E-state index contributed by atoms with van der Waals surface area (Å²) in [5.41, 5.74) is 0. The Morgan fingerprint density at radius 2 is 1.67 bits per heavy atom. The highest BCUT2D eigenvalue weighted by Crippen LogP contribution is 1.87.